The summed E-state index contributed by atoms with van der Waals surface area (Å²) in [7, 11) is -3.48. The Hall–Kier alpha value is -2.55. The van der Waals surface area contributed by atoms with E-state index in [-0.39, 0.29) is 10.8 Å². The number of aryl methyl sites for hydroxylation is 1. The Labute approximate surface area is 174 Å². The summed E-state index contributed by atoms with van der Waals surface area (Å²) in [6.07, 6.45) is 1.77. The Bertz CT molecular complexity index is 1120. The predicted octanol–water partition coefficient (Wildman–Crippen LogP) is 4.16. The van der Waals surface area contributed by atoms with Gasteiger partial charge in [0.05, 0.1) is 15.5 Å². The molecule has 1 aliphatic rings. The van der Waals surface area contributed by atoms with E-state index >= 15 is 0 Å². The van der Waals surface area contributed by atoms with Gasteiger partial charge in [-0.05, 0) is 49.6 Å². The number of amides is 1. The first-order chi connectivity index (χ1) is 13.9. The molecule has 2 aromatic carbocycles. The molecular weight excluding hydrogens is 406 g/mol. The molecule has 6 nitrogen and oxygen atoms in total. The number of carbonyl (C=O) groups excluding carboxylic acids is 1. The lowest BCUT2D eigenvalue weighted by Crippen LogP contribution is -2.27. The molecule has 150 valence electrons. The van der Waals surface area contributed by atoms with Crippen LogP contribution >= 0.6 is 11.3 Å². The molecule has 1 saturated heterocycles. The zero-order valence-electron chi connectivity index (χ0n) is 16.0. The van der Waals surface area contributed by atoms with Crippen molar-refractivity contribution in [2.24, 2.45) is 0 Å². The highest BCUT2D eigenvalue weighted by molar-refractivity contribution is 7.89. The van der Waals surface area contributed by atoms with Gasteiger partial charge in [0.15, 0.2) is 5.13 Å². The monoisotopic (exact) mass is 427 g/mol. The third kappa shape index (κ3) is 4.10. The molecule has 0 spiro atoms. The molecular formula is C21H21N3O3S2. The number of rotatable bonds is 5. The number of benzene rings is 2. The Kier molecular flexibility index (Phi) is 5.49. The first kappa shape index (κ1) is 19.8. The minimum absolute atomic E-state index is 0.215. The second-order valence-electron chi connectivity index (χ2n) is 6.89. The molecule has 1 fully saturated rings. The van der Waals surface area contributed by atoms with Crippen LogP contribution in [0, 0.1) is 6.92 Å². The molecule has 1 aromatic heterocycles. The Morgan fingerprint density at radius 1 is 1.03 bits per heavy atom. The van der Waals surface area contributed by atoms with Gasteiger partial charge in [-0.3, -0.25) is 10.1 Å². The third-order valence-electron chi connectivity index (χ3n) is 4.87. The number of anilines is 1. The molecule has 0 unspecified atom stereocenters. The van der Waals surface area contributed by atoms with E-state index < -0.39 is 10.0 Å². The highest BCUT2D eigenvalue weighted by Gasteiger charge is 2.27. The van der Waals surface area contributed by atoms with Gasteiger partial charge in [0, 0.05) is 18.7 Å². The first-order valence-corrected chi connectivity index (χ1v) is 11.7. The zero-order valence-corrected chi connectivity index (χ0v) is 17.6. The average molecular weight is 428 g/mol. The van der Waals surface area contributed by atoms with Crippen molar-refractivity contribution in [3.05, 3.63) is 65.9 Å². The van der Waals surface area contributed by atoms with Crippen molar-refractivity contribution in [2.45, 2.75) is 24.7 Å². The fourth-order valence-electron chi connectivity index (χ4n) is 3.33. The predicted molar refractivity (Wildman–Crippen MR) is 115 cm³/mol. The highest BCUT2D eigenvalue weighted by Crippen LogP contribution is 2.32. The molecule has 8 heteroatoms. The van der Waals surface area contributed by atoms with Crippen LogP contribution in [0.3, 0.4) is 0 Å². The summed E-state index contributed by atoms with van der Waals surface area (Å²) in [5, 5.41) is 3.33. The average Bonchev–Trinajstić information content (AvgIpc) is 3.39. The van der Waals surface area contributed by atoms with E-state index in [4.69, 9.17) is 0 Å². The molecule has 0 bridgehead atoms. The molecule has 0 aliphatic carbocycles. The van der Waals surface area contributed by atoms with E-state index in [2.05, 4.69) is 10.3 Å². The van der Waals surface area contributed by atoms with Crippen LogP contribution in [0.1, 0.15) is 28.9 Å². The number of hydrogen-bond donors (Lipinski definition) is 1. The van der Waals surface area contributed by atoms with E-state index in [9.17, 15) is 13.2 Å². The first-order valence-electron chi connectivity index (χ1n) is 9.39. The second-order valence-corrected chi connectivity index (χ2v) is 9.83. The van der Waals surface area contributed by atoms with Crippen LogP contribution in [0.25, 0.3) is 10.4 Å². The lowest BCUT2D eigenvalue weighted by atomic mass is 10.2. The normalized spacial score (nSPS) is 14.8. The number of thiazole rings is 1. The summed E-state index contributed by atoms with van der Waals surface area (Å²) < 4.78 is 26.7. The van der Waals surface area contributed by atoms with Crippen molar-refractivity contribution in [2.75, 3.05) is 18.4 Å². The minimum Gasteiger partial charge on any atom is -0.298 e. The van der Waals surface area contributed by atoms with Crippen LogP contribution in [0.5, 0.6) is 0 Å². The van der Waals surface area contributed by atoms with E-state index in [1.165, 1.54) is 39.9 Å². The molecule has 4 rings (SSSR count). The van der Waals surface area contributed by atoms with Crippen molar-refractivity contribution in [1.82, 2.24) is 9.29 Å². The van der Waals surface area contributed by atoms with Crippen molar-refractivity contribution < 1.29 is 13.2 Å². The molecule has 0 radical (unpaired) electrons. The van der Waals surface area contributed by atoms with Crippen LogP contribution in [0.2, 0.25) is 0 Å². The second kappa shape index (κ2) is 8.06. The summed E-state index contributed by atoms with van der Waals surface area (Å²) in [5.41, 5.74) is 2.29. The van der Waals surface area contributed by atoms with E-state index in [0.717, 1.165) is 29.0 Å². The molecule has 1 N–H and O–H groups in total. The van der Waals surface area contributed by atoms with Crippen LogP contribution < -0.4 is 5.32 Å². The number of aromatic nitrogens is 1. The Morgan fingerprint density at radius 3 is 2.34 bits per heavy atom. The van der Waals surface area contributed by atoms with E-state index in [0.29, 0.717) is 23.8 Å². The number of nitrogens with one attached hydrogen (secondary N) is 1. The molecule has 1 amide bonds. The van der Waals surface area contributed by atoms with Crippen LogP contribution in [-0.2, 0) is 10.0 Å². The maximum Gasteiger partial charge on any atom is 0.257 e. The van der Waals surface area contributed by atoms with Gasteiger partial charge in [-0.2, -0.15) is 4.31 Å². The van der Waals surface area contributed by atoms with Crippen molar-refractivity contribution >= 4 is 32.4 Å². The Balaban J connectivity index is 1.49. The number of hydrogen-bond acceptors (Lipinski definition) is 5. The lowest BCUT2D eigenvalue weighted by molar-refractivity contribution is 0.102. The van der Waals surface area contributed by atoms with E-state index in [1.54, 1.807) is 0 Å². The van der Waals surface area contributed by atoms with Gasteiger partial charge < -0.3 is 0 Å². The van der Waals surface area contributed by atoms with Gasteiger partial charge in [-0.25, -0.2) is 13.4 Å². The van der Waals surface area contributed by atoms with Gasteiger partial charge in [-0.15, -0.1) is 0 Å². The van der Waals surface area contributed by atoms with Crippen LogP contribution in [0.15, 0.2) is 59.5 Å². The molecule has 1 aliphatic heterocycles. The third-order valence-corrected chi connectivity index (χ3v) is 7.91. The maximum atomic E-state index is 12.6. The van der Waals surface area contributed by atoms with Gasteiger partial charge in [0.1, 0.15) is 0 Å². The van der Waals surface area contributed by atoms with Gasteiger partial charge in [0.2, 0.25) is 10.0 Å². The fraction of sp³-hybridized carbons (Fsp3) is 0.238. The number of nitrogens with zero attached hydrogens (tertiary/aromatic N) is 2. The minimum atomic E-state index is -3.48. The van der Waals surface area contributed by atoms with Crippen LogP contribution in [0.4, 0.5) is 5.13 Å². The van der Waals surface area contributed by atoms with Crippen LogP contribution in [-0.4, -0.2) is 36.7 Å². The smallest absolute Gasteiger partial charge is 0.257 e. The maximum absolute atomic E-state index is 12.6. The quantitative estimate of drug-likeness (QED) is 0.663. The highest BCUT2D eigenvalue weighted by atomic mass is 32.2. The Morgan fingerprint density at radius 2 is 1.69 bits per heavy atom. The number of sulfonamides is 1. The summed E-state index contributed by atoms with van der Waals surface area (Å²) >= 11 is 1.41. The van der Waals surface area contributed by atoms with Crippen molar-refractivity contribution in [3.8, 4) is 10.4 Å². The van der Waals surface area contributed by atoms with Crippen molar-refractivity contribution in [1.29, 1.82) is 0 Å². The number of carbonyl (C=O) groups is 1. The SMILES string of the molecule is Cc1nc(NC(=O)c2ccc(S(=O)(=O)N3CCCC3)cc2)sc1-c1ccccc1. The summed E-state index contributed by atoms with van der Waals surface area (Å²) in [5.74, 6) is -0.316. The zero-order chi connectivity index (χ0) is 20.4. The topological polar surface area (TPSA) is 79.4 Å². The van der Waals surface area contributed by atoms with Gasteiger partial charge in [0.25, 0.3) is 5.91 Å². The lowest BCUT2D eigenvalue weighted by Gasteiger charge is -2.15. The molecule has 2 heterocycles. The van der Waals surface area contributed by atoms with Gasteiger partial charge >= 0.3 is 0 Å². The molecule has 0 atom stereocenters. The summed E-state index contributed by atoms with van der Waals surface area (Å²) in [6, 6.07) is 16.0. The molecule has 3 aromatic rings. The molecule has 0 saturated carbocycles. The van der Waals surface area contributed by atoms with E-state index in [1.807, 2.05) is 37.3 Å². The largest absolute Gasteiger partial charge is 0.298 e. The van der Waals surface area contributed by atoms with Gasteiger partial charge in [-0.1, -0.05) is 41.7 Å². The molecule has 29 heavy (non-hydrogen) atoms. The summed E-state index contributed by atoms with van der Waals surface area (Å²) in [6.45, 7) is 3.02. The van der Waals surface area contributed by atoms with Crippen molar-refractivity contribution in [3.63, 3.8) is 0 Å². The fourth-order valence-corrected chi connectivity index (χ4v) is 5.82. The standard InChI is InChI=1S/C21H21N3O3S2/c1-15-19(16-7-3-2-4-8-16)28-21(22-15)23-20(25)17-9-11-18(12-10-17)29(26,27)24-13-5-6-14-24/h2-4,7-12H,5-6,13-14H2,1H3,(H,22,23,25). The summed E-state index contributed by atoms with van der Waals surface area (Å²) in [4.78, 5) is 18.3.